The summed E-state index contributed by atoms with van der Waals surface area (Å²) in [4.78, 5) is 29.7. The quantitative estimate of drug-likeness (QED) is 0.339. The van der Waals surface area contributed by atoms with Gasteiger partial charge in [-0.15, -0.1) is 0 Å². The maximum Gasteiger partial charge on any atom is 0.261 e. The highest BCUT2D eigenvalue weighted by atomic mass is 16.2. The Morgan fingerprint density at radius 3 is 2.31 bits per heavy atom. The molecule has 2 amide bonds. The van der Waals surface area contributed by atoms with E-state index in [1.807, 2.05) is 44.4 Å². The molecular formula is C26H38N4O2. The first-order valence-electron chi connectivity index (χ1n) is 12.1. The zero-order valence-electron chi connectivity index (χ0n) is 19.9. The van der Waals surface area contributed by atoms with Crippen LogP contribution in [0.4, 0.5) is 5.69 Å². The second kappa shape index (κ2) is 12.0. The summed E-state index contributed by atoms with van der Waals surface area (Å²) in [5.41, 5.74) is 2.24. The summed E-state index contributed by atoms with van der Waals surface area (Å²) in [6.07, 6.45) is 7.52. The van der Waals surface area contributed by atoms with Crippen molar-refractivity contribution in [3.8, 4) is 0 Å². The maximum absolute atomic E-state index is 13.1. The van der Waals surface area contributed by atoms with Crippen LogP contribution in [-0.2, 0) is 0 Å². The highest BCUT2D eigenvalue weighted by Gasteiger charge is 2.32. The van der Waals surface area contributed by atoms with Crippen molar-refractivity contribution in [1.29, 1.82) is 0 Å². The Bertz CT molecular complexity index is 903. The first kappa shape index (κ1) is 24.2. The topological polar surface area (TPSA) is 64.7 Å². The molecule has 0 spiro atoms. The van der Waals surface area contributed by atoms with Crippen molar-refractivity contribution in [2.75, 3.05) is 52.1 Å². The van der Waals surface area contributed by atoms with Gasteiger partial charge in [-0.25, -0.2) is 0 Å². The number of carbonyl (C=O) groups excluding carboxylic acids is 2. The molecule has 3 rings (SSSR count). The Morgan fingerprint density at radius 1 is 0.844 bits per heavy atom. The molecule has 0 aromatic heterocycles. The molecule has 0 saturated carbocycles. The summed E-state index contributed by atoms with van der Waals surface area (Å²) < 4.78 is 0. The monoisotopic (exact) mass is 438 g/mol. The minimum Gasteiger partial charge on any atom is -0.385 e. The van der Waals surface area contributed by atoms with Crippen molar-refractivity contribution in [3.63, 3.8) is 0 Å². The van der Waals surface area contributed by atoms with E-state index in [0.717, 1.165) is 42.5 Å². The third-order valence-corrected chi connectivity index (χ3v) is 6.09. The molecule has 0 saturated heterocycles. The van der Waals surface area contributed by atoms with E-state index >= 15 is 0 Å². The third-order valence-electron chi connectivity index (χ3n) is 6.09. The predicted octanol–water partition coefficient (Wildman–Crippen LogP) is 4.36. The molecule has 0 unspecified atom stereocenters. The van der Waals surface area contributed by atoms with Crippen LogP contribution in [0.25, 0.3) is 10.8 Å². The molecule has 2 aromatic rings. The average molecular weight is 439 g/mol. The zero-order chi connectivity index (χ0) is 22.9. The van der Waals surface area contributed by atoms with Gasteiger partial charge in [0.25, 0.3) is 11.8 Å². The van der Waals surface area contributed by atoms with E-state index < -0.39 is 0 Å². The zero-order valence-corrected chi connectivity index (χ0v) is 19.9. The molecule has 0 bridgehead atoms. The lowest BCUT2D eigenvalue weighted by Gasteiger charge is -2.28. The summed E-state index contributed by atoms with van der Waals surface area (Å²) in [6, 6.07) is 9.62. The smallest absolute Gasteiger partial charge is 0.261 e. The lowest BCUT2D eigenvalue weighted by Crippen LogP contribution is -2.44. The van der Waals surface area contributed by atoms with Crippen LogP contribution in [0.5, 0.6) is 0 Å². The van der Waals surface area contributed by atoms with Crippen molar-refractivity contribution in [2.24, 2.45) is 0 Å². The van der Waals surface area contributed by atoms with E-state index in [4.69, 9.17) is 0 Å². The number of nitrogens with zero attached hydrogens (tertiary/aromatic N) is 2. The Kier molecular flexibility index (Phi) is 9.06. The van der Waals surface area contributed by atoms with Crippen molar-refractivity contribution in [1.82, 2.24) is 15.1 Å². The van der Waals surface area contributed by atoms with Crippen LogP contribution in [0.3, 0.4) is 0 Å². The fourth-order valence-electron chi connectivity index (χ4n) is 4.25. The first-order valence-corrected chi connectivity index (χ1v) is 12.1. The number of rotatable bonds is 14. The molecular weight excluding hydrogens is 400 g/mol. The van der Waals surface area contributed by atoms with Crippen LogP contribution in [0.1, 0.15) is 66.2 Å². The van der Waals surface area contributed by atoms with Gasteiger partial charge in [-0.3, -0.25) is 14.5 Å². The summed E-state index contributed by atoms with van der Waals surface area (Å²) in [5, 5.41) is 8.58. The van der Waals surface area contributed by atoms with E-state index in [0.29, 0.717) is 24.2 Å². The number of unbranched alkanes of at least 4 members (excludes halogenated alkanes) is 5. The van der Waals surface area contributed by atoms with Gasteiger partial charge in [0, 0.05) is 60.3 Å². The Labute approximate surface area is 192 Å². The van der Waals surface area contributed by atoms with Crippen molar-refractivity contribution >= 4 is 28.3 Å². The van der Waals surface area contributed by atoms with Gasteiger partial charge in [0.2, 0.25) is 0 Å². The number of likely N-dealkylation sites (N-methyl/N-ethyl adjacent to an activating group) is 1. The van der Waals surface area contributed by atoms with Crippen molar-refractivity contribution in [3.05, 3.63) is 41.5 Å². The normalized spacial score (nSPS) is 13.4. The van der Waals surface area contributed by atoms with Gasteiger partial charge in [0.05, 0.1) is 0 Å². The number of hydrogen-bond acceptors (Lipinski definition) is 5. The Hall–Kier alpha value is -2.44. The highest BCUT2D eigenvalue weighted by molar-refractivity contribution is 6.26. The number of anilines is 1. The van der Waals surface area contributed by atoms with Crippen molar-refractivity contribution < 1.29 is 9.59 Å². The summed E-state index contributed by atoms with van der Waals surface area (Å²) in [6.45, 7) is 5.84. The van der Waals surface area contributed by atoms with Crippen LogP contribution >= 0.6 is 0 Å². The van der Waals surface area contributed by atoms with Crippen LogP contribution < -0.4 is 10.6 Å². The van der Waals surface area contributed by atoms with E-state index in [1.54, 1.807) is 0 Å². The average Bonchev–Trinajstić information content (AvgIpc) is 2.78. The Morgan fingerprint density at radius 2 is 1.56 bits per heavy atom. The molecule has 6 nitrogen and oxygen atoms in total. The Balaban J connectivity index is 1.67. The van der Waals surface area contributed by atoms with Gasteiger partial charge >= 0.3 is 0 Å². The molecule has 2 N–H and O–H groups in total. The largest absolute Gasteiger partial charge is 0.385 e. The minimum absolute atomic E-state index is 0.199. The fraction of sp³-hybridized carbons (Fsp3) is 0.538. The van der Waals surface area contributed by atoms with Crippen LogP contribution in [0.15, 0.2) is 30.3 Å². The van der Waals surface area contributed by atoms with Gasteiger partial charge in [-0.05, 0) is 38.7 Å². The standard InChI is InChI=1S/C26H38N4O2/c1-4-5-6-7-8-9-15-28-23-14-13-22-24-20(23)11-10-12-21(24)25(31)30(26(22)32)19-17-27-16-18-29(2)3/h10-14,27-28H,4-9,15-19H2,1-3H3. The summed E-state index contributed by atoms with van der Waals surface area (Å²) >= 11 is 0. The molecule has 174 valence electrons. The molecule has 0 radical (unpaired) electrons. The molecule has 0 atom stereocenters. The first-order chi connectivity index (χ1) is 15.5. The molecule has 1 aliphatic rings. The van der Waals surface area contributed by atoms with Gasteiger partial charge in [-0.1, -0.05) is 51.2 Å². The number of nitrogens with one attached hydrogen (secondary N) is 2. The van der Waals surface area contributed by atoms with E-state index in [1.165, 1.54) is 37.0 Å². The number of imide groups is 1. The number of benzene rings is 2. The second-order valence-corrected chi connectivity index (χ2v) is 8.90. The fourth-order valence-corrected chi connectivity index (χ4v) is 4.25. The molecule has 6 heteroatoms. The SMILES string of the molecule is CCCCCCCCNc1ccc2c3c(cccc13)C(=O)N(CCNCCN(C)C)C2=O. The molecule has 0 aliphatic carbocycles. The van der Waals surface area contributed by atoms with Crippen molar-refractivity contribution in [2.45, 2.75) is 45.4 Å². The van der Waals surface area contributed by atoms with Crippen LogP contribution in [-0.4, -0.2) is 68.4 Å². The minimum atomic E-state index is -0.199. The van der Waals surface area contributed by atoms with Gasteiger partial charge in [-0.2, -0.15) is 0 Å². The number of carbonyl (C=O) groups is 2. The lowest BCUT2D eigenvalue weighted by molar-refractivity contribution is 0.0612. The van der Waals surface area contributed by atoms with Crippen LogP contribution in [0.2, 0.25) is 0 Å². The van der Waals surface area contributed by atoms with Gasteiger partial charge < -0.3 is 15.5 Å². The van der Waals surface area contributed by atoms with E-state index in [9.17, 15) is 9.59 Å². The van der Waals surface area contributed by atoms with Gasteiger partial charge in [0.1, 0.15) is 0 Å². The molecule has 0 fully saturated rings. The molecule has 1 heterocycles. The maximum atomic E-state index is 13.1. The second-order valence-electron chi connectivity index (χ2n) is 8.90. The van der Waals surface area contributed by atoms with E-state index in [2.05, 4.69) is 22.5 Å². The van der Waals surface area contributed by atoms with Crippen LogP contribution in [0, 0.1) is 0 Å². The summed E-state index contributed by atoms with van der Waals surface area (Å²) in [5.74, 6) is -0.397. The van der Waals surface area contributed by atoms with E-state index in [-0.39, 0.29) is 11.8 Å². The number of hydrogen-bond donors (Lipinski definition) is 2. The number of amides is 2. The van der Waals surface area contributed by atoms with Gasteiger partial charge in [0.15, 0.2) is 0 Å². The molecule has 1 aliphatic heterocycles. The third kappa shape index (κ3) is 5.87. The molecule has 2 aromatic carbocycles. The predicted molar refractivity (Wildman–Crippen MR) is 133 cm³/mol. The highest BCUT2D eigenvalue weighted by Crippen LogP contribution is 2.34. The lowest BCUT2D eigenvalue weighted by atomic mass is 9.93. The molecule has 32 heavy (non-hydrogen) atoms. The summed E-state index contributed by atoms with van der Waals surface area (Å²) in [7, 11) is 4.04.